The van der Waals surface area contributed by atoms with Crippen LogP contribution in [-0.2, 0) is 14.9 Å². The van der Waals surface area contributed by atoms with Crippen LogP contribution in [0.2, 0.25) is 0 Å². The molecule has 0 heterocycles. The van der Waals surface area contributed by atoms with E-state index in [-0.39, 0.29) is 6.42 Å². The van der Waals surface area contributed by atoms with Gasteiger partial charge in [0.2, 0.25) is 0 Å². The van der Waals surface area contributed by atoms with Gasteiger partial charge in [-0.2, -0.15) is 8.42 Å². The Balaban J connectivity index is 3.50. The van der Waals surface area contributed by atoms with Crippen molar-refractivity contribution in [2.24, 2.45) is 0 Å². The molecule has 0 bridgehead atoms. The number of unbranched alkanes of at least 4 members (excludes halogenated alkanes) is 4. The molecular formula is C8H16O4S. The molecule has 0 aliphatic heterocycles. The molecule has 1 N–H and O–H groups in total. The van der Waals surface area contributed by atoms with Crippen molar-refractivity contribution in [3.05, 3.63) is 0 Å². The molecule has 0 aromatic heterocycles. The summed E-state index contributed by atoms with van der Waals surface area (Å²) in [4.78, 5) is 10.7. The fourth-order valence-electron chi connectivity index (χ4n) is 1.00. The second-order valence-electron chi connectivity index (χ2n) is 3.01. The van der Waals surface area contributed by atoms with Crippen molar-refractivity contribution < 1.29 is 17.8 Å². The Morgan fingerprint density at radius 3 is 2.15 bits per heavy atom. The first-order valence-electron chi connectivity index (χ1n) is 4.48. The van der Waals surface area contributed by atoms with Gasteiger partial charge in [-0.25, -0.2) is 0 Å². The maximum absolute atomic E-state index is 10.7. The molecule has 0 saturated carbocycles. The lowest BCUT2D eigenvalue weighted by atomic mass is 10.1. The molecule has 0 unspecified atom stereocenters. The molecule has 0 rings (SSSR count). The summed E-state index contributed by atoms with van der Waals surface area (Å²) in [7, 11) is -4.43. The Morgan fingerprint density at radius 1 is 1.15 bits per heavy atom. The van der Waals surface area contributed by atoms with Crippen LogP contribution in [0.25, 0.3) is 0 Å². The average Bonchev–Trinajstić information content (AvgIpc) is 2.02. The van der Waals surface area contributed by atoms with Crippen molar-refractivity contribution in [1.29, 1.82) is 0 Å². The lowest BCUT2D eigenvalue weighted by Crippen LogP contribution is -2.12. The largest absolute Gasteiger partial charge is 0.328 e. The quantitative estimate of drug-likeness (QED) is 0.533. The highest BCUT2D eigenvalue weighted by molar-refractivity contribution is 8.01. The molecule has 13 heavy (non-hydrogen) atoms. The molecule has 0 aromatic rings. The van der Waals surface area contributed by atoms with E-state index in [4.69, 9.17) is 4.55 Å². The van der Waals surface area contributed by atoms with Crippen molar-refractivity contribution in [1.82, 2.24) is 0 Å². The standard InChI is InChI=1S/C8H16O4S/c1-2-3-4-5-6-7-8(9)13(10,11)12/h2-7H2,1H3,(H,10,11,12). The molecule has 0 radical (unpaired) electrons. The fourth-order valence-corrected chi connectivity index (χ4v) is 1.40. The van der Waals surface area contributed by atoms with Gasteiger partial charge in [0.15, 0.2) is 0 Å². The summed E-state index contributed by atoms with van der Waals surface area (Å²) in [5.74, 6) is 0. The monoisotopic (exact) mass is 208 g/mol. The topological polar surface area (TPSA) is 71.4 Å². The number of hydrogen-bond acceptors (Lipinski definition) is 3. The Hall–Kier alpha value is -0.420. The van der Waals surface area contributed by atoms with E-state index in [0.29, 0.717) is 6.42 Å². The highest BCUT2D eigenvalue weighted by atomic mass is 32.2. The lowest BCUT2D eigenvalue weighted by Gasteiger charge is -1.97. The van der Waals surface area contributed by atoms with Crippen LogP contribution in [-0.4, -0.2) is 18.1 Å². The Morgan fingerprint density at radius 2 is 1.69 bits per heavy atom. The van der Waals surface area contributed by atoms with E-state index in [2.05, 4.69) is 6.92 Å². The number of carbonyl (C=O) groups is 1. The zero-order valence-corrected chi connectivity index (χ0v) is 8.64. The molecule has 0 aliphatic rings. The summed E-state index contributed by atoms with van der Waals surface area (Å²) in [6, 6.07) is 0. The minimum atomic E-state index is -4.43. The Kier molecular flexibility index (Phi) is 5.90. The SMILES string of the molecule is CCCCCCCC(=O)S(=O)(=O)O. The van der Waals surface area contributed by atoms with Crippen LogP contribution >= 0.6 is 0 Å². The number of hydrogen-bond donors (Lipinski definition) is 1. The predicted molar refractivity (Wildman–Crippen MR) is 49.9 cm³/mol. The third-order valence-electron chi connectivity index (χ3n) is 1.77. The second kappa shape index (κ2) is 6.10. The minimum absolute atomic E-state index is 0.0669. The molecule has 0 amide bonds. The normalized spacial score (nSPS) is 11.5. The van der Waals surface area contributed by atoms with Crippen LogP contribution in [0, 0.1) is 0 Å². The van der Waals surface area contributed by atoms with Gasteiger partial charge in [0.05, 0.1) is 0 Å². The molecule has 0 saturated heterocycles. The third kappa shape index (κ3) is 6.72. The lowest BCUT2D eigenvalue weighted by molar-refractivity contribution is -0.112. The molecule has 5 heteroatoms. The summed E-state index contributed by atoms with van der Waals surface area (Å²) >= 11 is 0. The first-order valence-corrected chi connectivity index (χ1v) is 5.92. The summed E-state index contributed by atoms with van der Waals surface area (Å²) in [6.45, 7) is 2.07. The maximum Gasteiger partial charge on any atom is 0.328 e. The highest BCUT2D eigenvalue weighted by Crippen LogP contribution is 2.06. The molecular weight excluding hydrogens is 192 g/mol. The van der Waals surface area contributed by atoms with Gasteiger partial charge in [0, 0.05) is 6.42 Å². The fraction of sp³-hybridized carbons (Fsp3) is 0.875. The molecule has 0 atom stereocenters. The Labute approximate surface area is 79.1 Å². The van der Waals surface area contributed by atoms with E-state index in [1.807, 2.05) is 0 Å². The smallest absolute Gasteiger partial charge is 0.280 e. The van der Waals surface area contributed by atoms with Crippen LogP contribution in [0.4, 0.5) is 0 Å². The summed E-state index contributed by atoms with van der Waals surface area (Å²) in [6.07, 6.45) is 4.53. The van der Waals surface area contributed by atoms with Crippen LogP contribution in [0.3, 0.4) is 0 Å². The summed E-state index contributed by atoms with van der Waals surface area (Å²) in [5.41, 5.74) is 0. The predicted octanol–water partition coefficient (Wildman–Crippen LogP) is 1.76. The molecule has 0 aliphatic carbocycles. The summed E-state index contributed by atoms with van der Waals surface area (Å²) < 4.78 is 28.8. The van der Waals surface area contributed by atoms with Crippen molar-refractivity contribution in [3.63, 3.8) is 0 Å². The average molecular weight is 208 g/mol. The van der Waals surface area contributed by atoms with Crippen LogP contribution < -0.4 is 0 Å². The van der Waals surface area contributed by atoms with Gasteiger partial charge in [-0.1, -0.05) is 32.6 Å². The summed E-state index contributed by atoms with van der Waals surface area (Å²) in [5, 5.41) is -1.07. The van der Waals surface area contributed by atoms with Crippen molar-refractivity contribution in [3.8, 4) is 0 Å². The van der Waals surface area contributed by atoms with Gasteiger partial charge >= 0.3 is 10.1 Å². The van der Waals surface area contributed by atoms with Crippen molar-refractivity contribution >= 4 is 15.2 Å². The Bertz CT molecular complexity index is 243. The van der Waals surface area contributed by atoms with Gasteiger partial charge in [0.25, 0.3) is 5.12 Å². The number of rotatable bonds is 6. The van der Waals surface area contributed by atoms with E-state index in [0.717, 1.165) is 25.7 Å². The second-order valence-corrected chi connectivity index (χ2v) is 4.42. The first kappa shape index (κ1) is 12.6. The maximum atomic E-state index is 10.7. The molecule has 0 aromatic carbocycles. The van der Waals surface area contributed by atoms with Crippen LogP contribution in [0.15, 0.2) is 0 Å². The molecule has 0 spiro atoms. The van der Waals surface area contributed by atoms with Crippen molar-refractivity contribution in [2.75, 3.05) is 0 Å². The zero-order valence-electron chi connectivity index (χ0n) is 7.82. The van der Waals surface area contributed by atoms with Crippen LogP contribution in [0.5, 0.6) is 0 Å². The number of carbonyl (C=O) groups excluding carboxylic acids is 1. The van der Waals surface area contributed by atoms with E-state index in [9.17, 15) is 13.2 Å². The van der Waals surface area contributed by atoms with E-state index >= 15 is 0 Å². The molecule has 4 nitrogen and oxygen atoms in total. The van der Waals surface area contributed by atoms with E-state index in [1.165, 1.54) is 0 Å². The van der Waals surface area contributed by atoms with Crippen LogP contribution in [0.1, 0.15) is 45.4 Å². The van der Waals surface area contributed by atoms with E-state index < -0.39 is 15.2 Å². The minimum Gasteiger partial charge on any atom is -0.280 e. The molecule has 0 fully saturated rings. The first-order chi connectivity index (χ1) is 5.98. The van der Waals surface area contributed by atoms with Gasteiger partial charge in [0.1, 0.15) is 0 Å². The van der Waals surface area contributed by atoms with Gasteiger partial charge in [-0.15, -0.1) is 0 Å². The van der Waals surface area contributed by atoms with Crippen molar-refractivity contribution in [2.45, 2.75) is 45.4 Å². The zero-order chi connectivity index (χ0) is 10.3. The van der Waals surface area contributed by atoms with Gasteiger partial charge < -0.3 is 0 Å². The highest BCUT2D eigenvalue weighted by Gasteiger charge is 2.16. The molecule has 78 valence electrons. The van der Waals surface area contributed by atoms with Gasteiger partial charge in [-0.05, 0) is 6.42 Å². The van der Waals surface area contributed by atoms with E-state index in [1.54, 1.807) is 0 Å². The van der Waals surface area contributed by atoms with Gasteiger partial charge in [-0.3, -0.25) is 9.35 Å². The third-order valence-corrected chi connectivity index (χ3v) is 2.55.